The smallest absolute Gasteiger partial charge is 0.407 e. The van der Waals surface area contributed by atoms with Crippen LogP contribution in [0.3, 0.4) is 0 Å². The number of likely N-dealkylation sites (tertiary alicyclic amines) is 1. The average Bonchev–Trinajstić information content (AvgIpc) is 3.32. The van der Waals surface area contributed by atoms with Gasteiger partial charge < -0.3 is 24.8 Å². The second-order valence-electron chi connectivity index (χ2n) is 11.8. The second-order valence-corrected chi connectivity index (χ2v) is 11.8. The highest BCUT2D eigenvalue weighted by atomic mass is 16.6. The standard InChI is InChI=1S/C30H38N8O4/c1-7-8-16-37-24-25(34-27(37)36-15-11-12-20(17-36)32-28(40)42-30(3,4)5)35(6)29(41)38(26(24)39)18-23-31-19(2)21-13-9-10-14-22(21)33-23/h9-10,13-14,20,24-25H,11-12,15-18H2,1-6H3,(H,32,40)/t20-,24+,25+/m0/s1. The van der Waals surface area contributed by atoms with E-state index >= 15 is 0 Å². The third kappa shape index (κ3) is 5.82. The predicted octanol–water partition coefficient (Wildman–Crippen LogP) is 2.71. The van der Waals surface area contributed by atoms with Crippen LogP contribution in [0.2, 0.25) is 0 Å². The number of urea groups is 1. The van der Waals surface area contributed by atoms with Crippen LogP contribution in [0.1, 0.15) is 52.1 Å². The number of carbonyl (C=O) groups excluding carboxylic acids is 3. The van der Waals surface area contributed by atoms with Gasteiger partial charge in [0.1, 0.15) is 11.4 Å². The molecule has 4 heterocycles. The van der Waals surface area contributed by atoms with Crippen molar-refractivity contribution in [1.29, 1.82) is 0 Å². The van der Waals surface area contributed by atoms with Gasteiger partial charge in [-0.2, -0.15) is 0 Å². The maximum atomic E-state index is 14.0. The van der Waals surface area contributed by atoms with Gasteiger partial charge in [-0.15, -0.1) is 5.92 Å². The number of piperidine rings is 1. The first-order valence-electron chi connectivity index (χ1n) is 14.3. The maximum absolute atomic E-state index is 14.0. The SMILES string of the molecule is CC#CCN1C(N2CCC[C@H](NC(=O)OC(C)(C)C)C2)=N[C@H]2[C@@H]1C(=O)N(Cc1nc(C)c3ccccc3n1)C(=O)N2C. The second kappa shape index (κ2) is 11.5. The number of para-hydroxylation sites is 1. The van der Waals surface area contributed by atoms with Crippen molar-refractivity contribution < 1.29 is 19.1 Å². The Kier molecular flexibility index (Phi) is 7.95. The molecule has 12 nitrogen and oxygen atoms in total. The van der Waals surface area contributed by atoms with Crippen LogP contribution in [0.25, 0.3) is 10.9 Å². The molecule has 4 amide bonds. The number of alkyl carbamates (subject to hydrolysis) is 1. The first-order valence-corrected chi connectivity index (χ1v) is 14.3. The number of imide groups is 1. The number of benzene rings is 1. The largest absolute Gasteiger partial charge is 0.444 e. The highest BCUT2D eigenvalue weighted by Gasteiger charge is 2.53. The Bertz CT molecular complexity index is 1490. The Morgan fingerprint density at radius 3 is 2.69 bits per heavy atom. The summed E-state index contributed by atoms with van der Waals surface area (Å²) in [7, 11) is 1.66. The molecule has 0 radical (unpaired) electrons. The third-order valence-corrected chi connectivity index (χ3v) is 7.56. The maximum Gasteiger partial charge on any atom is 0.407 e. The van der Waals surface area contributed by atoms with E-state index in [1.807, 2.05) is 56.9 Å². The number of amides is 4. The molecule has 222 valence electrons. The molecule has 0 unspecified atom stereocenters. The van der Waals surface area contributed by atoms with Crippen molar-refractivity contribution in [2.45, 2.75) is 77.9 Å². The van der Waals surface area contributed by atoms with E-state index in [0.717, 1.165) is 29.4 Å². The first-order chi connectivity index (χ1) is 20.0. The molecule has 2 saturated heterocycles. The summed E-state index contributed by atoms with van der Waals surface area (Å²) < 4.78 is 5.45. The molecule has 1 N–H and O–H groups in total. The van der Waals surface area contributed by atoms with Gasteiger partial charge >= 0.3 is 12.1 Å². The van der Waals surface area contributed by atoms with Crippen LogP contribution in [-0.2, 0) is 16.1 Å². The summed E-state index contributed by atoms with van der Waals surface area (Å²) in [6.07, 6.45) is 0.442. The molecule has 2 fully saturated rings. The van der Waals surface area contributed by atoms with Crippen molar-refractivity contribution in [1.82, 2.24) is 34.9 Å². The zero-order chi connectivity index (χ0) is 30.2. The fourth-order valence-corrected chi connectivity index (χ4v) is 5.67. The predicted molar refractivity (Wildman–Crippen MR) is 157 cm³/mol. The van der Waals surface area contributed by atoms with Gasteiger partial charge in [0.15, 0.2) is 12.2 Å². The number of carbonyl (C=O) groups is 3. The summed E-state index contributed by atoms with van der Waals surface area (Å²) >= 11 is 0. The van der Waals surface area contributed by atoms with Gasteiger partial charge in [-0.3, -0.25) is 9.69 Å². The number of aryl methyl sites for hydroxylation is 1. The van der Waals surface area contributed by atoms with Crippen LogP contribution in [0.5, 0.6) is 0 Å². The van der Waals surface area contributed by atoms with Crippen LogP contribution in [0.4, 0.5) is 9.59 Å². The summed E-state index contributed by atoms with van der Waals surface area (Å²) in [6, 6.07) is 6.30. The molecule has 0 aliphatic carbocycles. The highest BCUT2D eigenvalue weighted by molar-refractivity contribution is 6.03. The molecule has 1 aromatic heterocycles. The minimum atomic E-state index is -0.746. The number of nitrogens with zero attached hydrogens (tertiary/aromatic N) is 7. The van der Waals surface area contributed by atoms with E-state index in [9.17, 15) is 14.4 Å². The Morgan fingerprint density at radius 2 is 1.95 bits per heavy atom. The monoisotopic (exact) mass is 574 g/mol. The molecular weight excluding hydrogens is 536 g/mol. The van der Waals surface area contributed by atoms with Crippen LogP contribution in [0.15, 0.2) is 29.3 Å². The number of aromatic nitrogens is 2. The number of fused-ring (bicyclic) bond motifs is 2. The highest BCUT2D eigenvalue weighted by Crippen LogP contribution is 2.30. The molecule has 2 aromatic rings. The molecular formula is C30H38N8O4. The van der Waals surface area contributed by atoms with Crippen LogP contribution in [-0.4, -0.2) is 104 Å². The molecule has 0 saturated carbocycles. The molecule has 0 spiro atoms. The summed E-state index contributed by atoms with van der Waals surface area (Å²) in [5.74, 6) is 6.62. The van der Waals surface area contributed by atoms with Crippen molar-refractivity contribution in [3.63, 3.8) is 0 Å². The van der Waals surface area contributed by atoms with Crippen molar-refractivity contribution >= 4 is 34.9 Å². The van der Waals surface area contributed by atoms with E-state index in [1.165, 1.54) is 9.80 Å². The number of likely N-dealkylation sites (N-methyl/N-ethyl adjacent to an activating group) is 1. The molecule has 3 atom stereocenters. The Labute approximate surface area is 246 Å². The molecule has 3 aliphatic heterocycles. The van der Waals surface area contributed by atoms with Gasteiger partial charge in [0, 0.05) is 37.3 Å². The topological polar surface area (TPSA) is 124 Å². The summed E-state index contributed by atoms with van der Waals surface area (Å²) in [5, 5.41) is 3.89. The Hall–Kier alpha value is -4.40. The molecule has 0 bridgehead atoms. The average molecular weight is 575 g/mol. The van der Waals surface area contributed by atoms with Crippen molar-refractivity contribution in [2.75, 3.05) is 26.7 Å². The number of rotatable bonds is 4. The quantitative estimate of drug-likeness (QED) is 0.553. The lowest BCUT2D eigenvalue weighted by Gasteiger charge is -2.42. The van der Waals surface area contributed by atoms with Gasteiger partial charge in [0.25, 0.3) is 5.91 Å². The Morgan fingerprint density at radius 1 is 1.19 bits per heavy atom. The van der Waals surface area contributed by atoms with Crippen LogP contribution >= 0.6 is 0 Å². The molecule has 3 aliphatic rings. The number of hydrogen-bond donors (Lipinski definition) is 1. The number of guanidine groups is 1. The van der Waals surface area contributed by atoms with Crippen LogP contribution < -0.4 is 5.32 Å². The third-order valence-electron chi connectivity index (χ3n) is 7.56. The van der Waals surface area contributed by atoms with E-state index in [4.69, 9.17) is 9.73 Å². The normalized spacial score (nSPS) is 22.5. The minimum Gasteiger partial charge on any atom is -0.444 e. The van der Waals surface area contributed by atoms with E-state index < -0.39 is 29.9 Å². The summed E-state index contributed by atoms with van der Waals surface area (Å²) in [4.78, 5) is 60.8. The molecule has 12 heteroatoms. The summed E-state index contributed by atoms with van der Waals surface area (Å²) in [5.41, 5.74) is 0.943. The summed E-state index contributed by atoms with van der Waals surface area (Å²) in [6.45, 7) is 10.5. The molecule has 42 heavy (non-hydrogen) atoms. The molecule has 5 rings (SSSR count). The lowest BCUT2D eigenvalue weighted by atomic mass is 10.1. The lowest BCUT2D eigenvalue weighted by molar-refractivity contribution is -0.138. The van der Waals surface area contributed by atoms with E-state index in [1.54, 1.807) is 14.0 Å². The van der Waals surface area contributed by atoms with E-state index in [0.29, 0.717) is 24.9 Å². The van der Waals surface area contributed by atoms with Gasteiger partial charge in [0.2, 0.25) is 5.96 Å². The zero-order valence-corrected chi connectivity index (χ0v) is 25.0. The number of aliphatic imine (C=N–C) groups is 1. The van der Waals surface area contributed by atoms with Crippen molar-refractivity contribution in [3.8, 4) is 11.8 Å². The van der Waals surface area contributed by atoms with Gasteiger partial charge in [0.05, 0.1) is 18.6 Å². The van der Waals surface area contributed by atoms with Gasteiger partial charge in [-0.25, -0.2) is 24.5 Å². The van der Waals surface area contributed by atoms with Crippen molar-refractivity contribution in [3.05, 3.63) is 35.8 Å². The zero-order valence-electron chi connectivity index (χ0n) is 25.0. The van der Waals surface area contributed by atoms with Crippen LogP contribution in [0, 0.1) is 18.8 Å². The fraction of sp³-hybridized carbons (Fsp3) is 0.533. The number of ether oxygens (including phenoxy) is 1. The lowest BCUT2D eigenvalue weighted by Crippen LogP contribution is -2.65. The Balaban J connectivity index is 1.38. The minimum absolute atomic E-state index is 0.0505. The number of hydrogen-bond acceptors (Lipinski definition) is 9. The van der Waals surface area contributed by atoms with Gasteiger partial charge in [-0.1, -0.05) is 24.1 Å². The first kappa shape index (κ1) is 29.1. The van der Waals surface area contributed by atoms with E-state index in [2.05, 4.69) is 32.0 Å². The molecule has 1 aromatic carbocycles. The van der Waals surface area contributed by atoms with E-state index in [-0.39, 0.29) is 25.0 Å². The van der Waals surface area contributed by atoms with Crippen molar-refractivity contribution in [2.24, 2.45) is 4.99 Å². The number of nitrogens with one attached hydrogen (secondary N) is 1. The van der Waals surface area contributed by atoms with Gasteiger partial charge in [-0.05, 0) is 53.5 Å². The fourth-order valence-electron chi connectivity index (χ4n) is 5.67.